The molecule has 2 unspecified atom stereocenters. The molecule has 1 rings (SSSR count). The van der Waals surface area contributed by atoms with Crippen LogP contribution >= 0.6 is 27.7 Å². The maximum Gasteiger partial charge on any atom is 0.407 e. The Kier molecular flexibility index (Phi) is 3.73. The Bertz CT molecular complexity index is 258. The maximum atomic E-state index is 10.8. The maximum absolute atomic E-state index is 10.8. The van der Waals surface area contributed by atoms with Crippen LogP contribution in [0.1, 0.15) is 0 Å². The lowest BCUT2D eigenvalue weighted by Gasteiger charge is -2.13. The minimum absolute atomic E-state index is 0.251. The molecule has 0 aromatic carbocycles. The van der Waals surface area contributed by atoms with Crippen molar-refractivity contribution in [1.82, 2.24) is 5.32 Å². The van der Waals surface area contributed by atoms with Gasteiger partial charge < -0.3 is 15.5 Å². The van der Waals surface area contributed by atoms with E-state index in [1.807, 2.05) is 0 Å². The minimum Gasteiger partial charge on any atom is -0.453 e. The molecule has 72 valence electrons. The van der Waals surface area contributed by atoms with Crippen LogP contribution in [-0.2, 0) is 4.74 Å². The zero-order valence-electron chi connectivity index (χ0n) is 6.78. The number of ether oxygens (including phenoxy) is 1. The molecule has 1 aliphatic heterocycles. The summed E-state index contributed by atoms with van der Waals surface area (Å²) in [6, 6.07) is -0.321. The van der Waals surface area contributed by atoms with Crippen molar-refractivity contribution in [2.45, 2.75) is 11.4 Å². The smallest absolute Gasteiger partial charge is 0.407 e. The number of alkyl carbamates (subject to hydrolysis) is 1. The minimum atomic E-state index is -0.512. The molecule has 0 saturated carbocycles. The van der Waals surface area contributed by atoms with E-state index < -0.39 is 6.09 Å². The Balaban J connectivity index is 2.53. The van der Waals surface area contributed by atoms with Crippen molar-refractivity contribution in [3.63, 3.8) is 0 Å². The van der Waals surface area contributed by atoms with Crippen molar-refractivity contribution in [3.8, 4) is 0 Å². The number of hydrogen-bond donors (Lipinski definition) is 2. The molecule has 0 aromatic heterocycles. The van der Waals surface area contributed by atoms with Gasteiger partial charge in [0, 0.05) is 6.21 Å². The van der Waals surface area contributed by atoms with Gasteiger partial charge in [0.1, 0.15) is 15.4 Å². The van der Waals surface area contributed by atoms with Gasteiger partial charge in [-0.05, 0) is 15.9 Å². The summed E-state index contributed by atoms with van der Waals surface area (Å²) in [5, 5.41) is 9.38. The Morgan fingerprint density at radius 1 is 1.92 bits per heavy atom. The number of rotatable bonds is 2. The fourth-order valence-electron chi connectivity index (χ4n) is 0.804. The Morgan fingerprint density at radius 3 is 3.15 bits per heavy atom. The van der Waals surface area contributed by atoms with Gasteiger partial charge in [0.2, 0.25) is 0 Å². The van der Waals surface area contributed by atoms with Crippen LogP contribution < -0.4 is 5.32 Å². The van der Waals surface area contributed by atoms with E-state index in [-0.39, 0.29) is 11.4 Å². The monoisotopic (exact) mass is 265 g/mol. The number of thioether (sulfide) groups is 1. The third-order valence-corrected chi connectivity index (χ3v) is 3.12. The summed E-state index contributed by atoms with van der Waals surface area (Å²) in [4.78, 5) is 14.9. The van der Waals surface area contributed by atoms with Crippen LogP contribution in [0.15, 0.2) is 4.99 Å². The second kappa shape index (κ2) is 4.61. The fraction of sp³-hybridized carbons (Fsp3) is 0.500. The first-order chi connectivity index (χ1) is 6.17. The Labute approximate surface area is 88.0 Å². The largest absolute Gasteiger partial charge is 0.453 e. The van der Waals surface area contributed by atoms with Gasteiger partial charge in [-0.2, -0.15) is 0 Å². The number of hydrogen-bond acceptors (Lipinski definition) is 5. The predicted octanol–water partition coefficient (Wildman–Crippen LogP) is 1.18. The fourth-order valence-corrected chi connectivity index (χ4v) is 2.47. The number of methoxy groups -OCH3 is 1. The first kappa shape index (κ1) is 10.5. The molecule has 5 nitrogen and oxygen atoms in total. The highest BCUT2D eigenvalue weighted by molar-refractivity contribution is 9.22. The summed E-state index contributed by atoms with van der Waals surface area (Å²) in [7, 11) is 1.30. The van der Waals surface area contributed by atoms with E-state index in [1.165, 1.54) is 25.1 Å². The summed E-state index contributed by atoms with van der Waals surface area (Å²) in [5.74, 6) is 0. The van der Waals surface area contributed by atoms with E-state index in [1.54, 1.807) is 0 Å². The highest BCUT2D eigenvalue weighted by Crippen LogP contribution is 2.27. The van der Waals surface area contributed by atoms with Crippen LogP contribution in [0.4, 0.5) is 4.79 Å². The molecular weight excluding hydrogens is 258 g/mol. The third kappa shape index (κ3) is 2.70. The molecule has 1 heterocycles. The van der Waals surface area contributed by atoms with Crippen LogP contribution in [0.5, 0.6) is 0 Å². The number of amides is 1. The van der Waals surface area contributed by atoms with Gasteiger partial charge in [-0.3, -0.25) is 4.99 Å². The normalized spacial score (nSPS) is 26.5. The van der Waals surface area contributed by atoms with E-state index >= 15 is 0 Å². The zero-order valence-corrected chi connectivity index (χ0v) is 9.18. The first-order valence-corrected chi connectivity index (χ1v) is 5.09. The molecule has 0 aromatic rings. The van der Waals surface area contributed by atoms with Crippen molar-refractivity contribution < 1.29 is 9.53 Å². The quantitative estimate of drug-likeness (QED) is 0.737. The second-order valence-electron chi connectivity index (χ2n) is 2.21. The van der Waals surface area contributed by atoms with Gasteiger partial charge in [-0.25, -0.2) is 4.79 Å². The van der Waals surface area contributed by atoms with Crippen molar-refractivity contribution in [3.05, 3.63) is 0 Å². The van der Waals surface area contributed by atoms with Gasteiger partial charge in [-0.1, -0.05) is 11.8 Å². The molecule has 0 aliphatic carbocycles. The van der Waals surface area contributed by atoms with Crippen LogP contribution in [0, 0.1) is 5.41 Å². The summed E-state index contributed by atoms with van der Waals surface area (Å²) in [6.45, 7) is 0. The molecule has 2 atom stereocenters. The van der Waals surface area contributed by atoms with Crippen LogP contribution in [0.25, 0.3) is 0 Å². The van der Waals surface area contributed by atoms with Crippen molar-refractivity contribution in [2.24, 2.45) is 4.99 Å². The molecule has 0 spiro atoms. The number of nitrogens with zero attached hydrogens (tertiary/aromatic N) is 1. The molecule has 0 saturated heterocycles. The Hall–Kier alpha value is -0.560. The lowest BCUT2D eigenvalue weighted by atomic mass is 10.3. The van der Waals surface area contributed by atoms with Crippen LogP contribution in [0.3, 0.4) is 0 Å². The topological polar surface area (TPSA) is 74.5 Å². The van der Waals surface area contributed by atoms with Gasteiger partial charge in [-0.15, -0.1) is 0 Å². The molecule has 1 amide bonds. The first-order valence-electron chi connectivity index (χ1n) is 3.42. The Morgan fingerprint density at radius 2 is 2.62 bits per heavy atom. The summed E-state index contributed by atoms with van der Waals surface area (Å²) < 4.78 is 5.12. The summed E-state index contributed by atoms with van der Waals surface area (Å²) in [5.41, 5.74) is 0. The number of nitrogens with one attached hydrogen (secondary N) is 2. The van der Waals surface area contributed by atoms with E-state index in [9.17, 15) is 4.79 Å². The lowest BCUT2D eigenvalue weighted by molar-refractivity contribution is 0.170. The highest BCUT2D eigenvalue weighted by Gasteiger charge is 2.29. The van der Waals surface area contributed by atoms with E-state index in [0.29, 0.717) is 3.95 Å². The van der Waals surface area contributed by atoms with E-state index in [0.717, 1.165) is 0 Å². The van der Waals surface area contributed by atoms with E-state index in [2.05, 4.69) is 31.0 Å². The number of halogens is 1. The molecule has 0 fully saturated rings. The van der Waals surface area contributed by atoms with Gasteiger partial charge >= 0.3 is 6.09 Å². The van der Waals surface area contributed by atoms with Gasteiger partial charge in [0.15, 0.2) is 0 Å². The average Bonchev–Trinajstić information content (AvgIpc) is 2.46. The SMILES string of the molecule is COC(=O)NC1SC(Br)=NC1C=N. The zero-order chi connectivity index (χ0) is 9.84. The summed E-state index contributed by atoms with van der Waals surface area (Å²) in [6.07, 6.45) is 0.670. The molecule has 1 aliphatic rings. The molecular formula is C6H8BrN3O2S. The number of carbonyl (C=O) groups is 1. The van der Waals surface area contributed by atoms with Gasteiger partial charge in [0.05, 0.1) is 7.11 Å². The van der Waals surface area contributed by atoms with Crippen molar-refractivity contribution in [2.75, 3.05) is 7.11 Å². The number of carbonyl (C=O) groups excluding carboxylic acids is 1. The third-order valence-electron chi connectivity index (χ3n) is 1.40. The standard InChI is InChI=1S/C6H8BrN3O2S/c1-12-6(11)10-4-3(2-8)9-5(7)13-4/h2-4,8H,1H3,(H,10,11). The number of aliphatic imine (C=N–C) groups is 1. The summed E-state index contributed by atoms with van der Waals surface area (Å²) >= 11 is 4.53. The molecule has 2 N–H and O–H groups in total. The predicted molar refractivity (Wildman–Crippen MR) is 55.9 cm³/mol. The molecule has 13 heavy (non-hydrogen) atoms. The van der Waals surface area contributed by atoms with Crippen LogP contribution in [0.2, 0.25) is 0 Å². The van der Waals surface area contributed by atoms with Gasteiger partial charge in [0.25, 0.3) is 0 Å². The molecule has 7 heteroatoms. The van der Waals surface area contributed by atoms with Crippen molar-refractivity contribution >= 4 is 44.0 Å². The van der Waals surface area contributed by atoms with Crippen molar-refractivity contribution in [1.29, 1.82) is 5.41 Å². The average molecular weight is 266 g/mol. The highest BCUT2D eigenvalue weighted by atomic mass is 79.9. The molecule has 0 radical (unpaired) electrons. The second-order valence-corrected chi connectivity index (χ2v) is 4.62. The lowest BCUT2D eigenvalue weighted by Crippen LogP contribution is -2.38. The van der Waals surface area contributed by atoms with E-state index in [4.69, 9.17) is 5.41 Å². The molecule has 0 bridgehead atoms. The van der Waals surface area contributed by atoms with Crippen LogP contribution in [-0.4, -0.2) is 34.8 Å².